The molecule has 3 aromatic rings. The number of ether oxygens (including phenoxy) is 1. The molecular formula is C23H29N3O2. The number of nitrogens with zero attached hydrogens (tertiary/aromatic N) is 3. The van der Waals surface area contributed by atoms with Gasteiger partial charge >= 0.3 is 0 Å². The van der Waals surface area contributed by atoms with E-state index in [4.69, 9.17) is 9.26 Å². The van der Waals surface area contributed by atoms with E-state index in [-0.39, 0.29) is 0 Å². The van der Waals surface area contributed by atoms with Crippen LogP contribution in [0.25, 0.3) is 22.8 Å². The average Bonchev–Trinajstić information content (AvgIpc) is 3.24. The van der Waals surface area contributed by atoms with Gasteiger partial charge in [0, 0.05) is 23.5 Å². The van der Waals surface area contributed by atoms with Crippen LogP contribution in [0.5, 0.6) is 5.75 Å². The van der Waals surface area contributed by atoms with E-state index in [2.05, 4.69) is 22.0 Å². The number of rotatable bonds is 12. The summed E-state index contributed by atoms with van der Waals surface area (Å²) in [6, 6.07) is 11.5. The lowest BCUT2D eigenvalue weighted by Gasteiger charge is -2.06. The average molecular weight is 380 g/mol. The monoisotopic (exact) mass is 379 g/mol. The normalized spacial score (nSPS) is 10.9. The van der Waals surface area contributed by atoms with E-state index in [0.29, 0.717) is 11.7 Å². The van der Waals surface area contributed by atoms with Crippen LogP contribution in [-0.2, 0) is 0 Å². The maximum absolute atomic E-state index is 5.84. The van der Waals surface area contributed by atoms with Crippen molar-refractivity contribution in [1.29, 1.82) is 0 Å². The molecule has 0 aliphatic rings. The molecule has 28 heavy (non-hydrogen) atoms. The highest BCUT2D eigenvalue weighted by Crippen LogP contribution is 2.24. The minimum Gasteiger partial charge on any atom is -0.494 e. The number of aromatic nitrogens is 3. The lowest BCUT2D eigenvalue weighted by atomic mass is 10.1. The third-order valence-electron chi connectivity index (χ3n) is 4.73. The Morgan fingerprint density at radius 3 is 2.18 bits per heavy atom. The van der Waals surface area contributed by atoms with Gasteiger partial charge in [0.2, 0.25) is 5.82 Å². The van der Waals surface area contributed by atoms with Crippen LogP contribution in [-0.4, -0.2) is 21.7 Å². The van der Waals surface area contributed by atoms with Gasteiger partial charge in [-0.05, 0) is 42.8 Å². The molecule has 0 aliphatic heterocycles. The van der Waals surface area contributed by atoms with E-state index in [9.17, 15) is 0 Å². The third kappa shape index (κ3) is 6.19. The van der Waals surface area contributed by atoms with Crippen LogP contribution >= 0.6 is 0 Å². The first-order valence-electron chi connectivity index (χ1n) is 10.3. The van der Waals surface area contributed by atoms with Gasteiger partial charge in [-0.3, -0.25) is 4.98 Å². The molecule has 0 spiro atoms. The summed E-state index contributed by atoms with van der Waals surface area (Å²) in [4.78, 5) is 8.46. The zero-order valence-electron chi connectivity index (χ0n) is 16.6. The van der Waals surface area contributed by atoms with Crippen LogP contribution in [0.3, 0.4) is 0 Å². The van der Waals surface area contributed by atoms with Crippen molar-refractivity contribution < 1.29 is 9.26 Å². The summed E-state index contributed by atoms with van der Waals surface area (Å²) in [5, 5.41) is 4.04. The van der Waals surface area contributed by atoms with E-state index in [0.717, 1.165) is 29.9 Å². The van der Waals surface area contributed by atoms with Crippen LogP contribution < -0.4 is 4.74 Å². The van der Waals surface area contributed by atoms with Gasteiger partial charge in [0.1, 0.15) is 5.75 Å². The molecule has 0 N–H and O–H groups in total. The second-order valence-corrected chi connectivity index (χ2v) is 7.01. The Hall–Kier alpha value is -2.69. The highest BCUT2D eigenvalue weighted by molar-refractivity contribution is 5.59. The number of hydrogen-bond donors (Lipinski definition) is 0. The lowest BCUT2D eigenvalue weighted by Crippen LogP contribution is -1.97. The van der Waals surface area contributed by atoms with Crippen molar-refractivity contribution in [1.82, 2.24) is 15.1 Å². The Kier molecular flexibility index (Phi) is 8.04. The number of pyridine rings is 1. The van der Waals surface area contributed by atoms with Gasteiger partial charge < -0.3 is 9.26 Å². The molecule has 0 aliphatic carbocycles. The molecule has 148 valence electrons. The van der Waals surface area contributed by atoms with Gasteiger partial charge in [-0.25, -0.2) is 0 Å². The maximum Gasteiger partial charge on any atom is 0.258 e. The summed E-state index contributed by atoms with van der Waals surface area (Å²) < 4.78 is 11.2. The predicted octanol–water partition coefficient (Wildman–Crippen LogP) is 6.32. The van der Waals surface area contributed by atoms with Crippen molar-refractivity contribution in [3.8, 4) is 28.6 Å². The van der Waals surface area contributed by atoms with E-state index in [1.165, 1.54) is 44.9 Å². The fourth-order valence-corrected chi connectivity index (χ4v) is 3.08. The molecule has 2 heterocycles. The number of hydrogen-bond acceptors (Lipinski definition) is 5. The second-order valence-electron chi connectivity index (χ2n) is 7.01. The van der Waals surface area contributed by atoms with Crippen LogP contribution in [0.15, 0.2) is 53.3 Å². The third-order valence-corrected chi connectivity index (χ3v) is 4.73. The van der Waals surface area contributed by atoms with Crippen LogP contribution in [0, 0.1) is 0 Å². The van der Waals surface area contributed by atoms with Gasteiger partial charge in [-0.1, -0.05) is 57.0 Å². The fourth-order valence-electron chi connectivity index (χ4n) is 3.08. The first kappa shape index (κ1) is 20.1. The number of benzene rings is 1. The molecule has 5 nitrogen and oxygen atoms in total. The zero-order chi connectivity index (χ0) is 19.4. The molecule has 0 atom stereocenters. The van der Waals surface area contributed by atoms with Crippen molar-refractivity contribution in [2.24, 2.45) is 0 Å². The summed E-state index contributed by atoms with van der Waals surface area (Å²) in [6.45, 7) is 3.02. The smallest absolute Gasteiger partial charge is 0.258 e. The lowest BCUT2D eigenvalue weighted by molar-refractivity contribution is 0.304. The van der Waals surface area contributed by atoms with Crippen molar-refractivity contribution in [3.63, 3.8) is 0 Å². The molecular weight excluding hydrogens is 350 g/mol. The molecule has 0 amide bonds. The van der Waals surface area contributed by atoms with Gasteiger partial charge in [-0.15, -0.1) is 0 Å². The molecule has 0 saturated carbocycles. The molecule has 0 fully saturated rings. The topological polar surface area (TPSA) is 61.0 Å². The summed E-state index contributed by atoms with van der Waals surface area (Å²) >= 11 is 0. The standard InChI is InChI=1S/C23H29N3O2/c1-2-3-4-5-6-7-8-9-18-27-21-12-10-20(11-13-21)23-25-22(26-28-23)19-14-16-24-17-15-19/h10-17H,2-9,18H2,1H3. The van der Waals surface area contributed by atoms with E-state index in [1.54, 1.807) is 12.4 Å². The fraction of sp³-hybridized carbons (Fsp3) is 0.435. The van der Waals surface area contributed by atoms with Gasteiger partial charge in [0.25, 0.3) is 5.89 Å². The minimum absolute atomic E-state index is 0.501. The molecule has 2 aromatic heterocycles. The van der Waals surface area contributed by atoms with Crippen LogP contribution in [0.2, 0.25) is 0 Å². The Morgan fingerprint density at radius 2 is 1.46 bits per heavy atom. The highest BCUT2D eigenvalue weighted by atomic mass is 16.5. The van der Waals surface area contributed by atoms with Crippen molar-refractivity contribution in [2.75, 3.05) is 6.61 Å². The van der Waals surface area contributed by atoms with Crippen LogP contribution in [0.1, 0.15) is 58.3 Å². The molecule has 0 radical (unpaired) electrons. The summed E-state index contributed by atoms with van der Waals surface area (Å²) in [5.74, 6) is 1.94. The first-order chi connectivity index (χ1) is 13.9. The summed E-state index contributed by atoms with van der Waals surface area (Å²) in [7, 11) is 0. The summed E-state index contributed by atoms with van der Waals surface area (Å²) in [6.07, 6.45) is 13.9. The maximum atomic E-state index is 5.84. The van der Waals surface area contributed by atoms with Gasteiger partial charge in [-0.2, -0.15) is 4.98 Å². The molecule has 0 bridgehead atoms. The Labute approximate surface area is 167 Å². The van der Waals surface area contributed by atoms with Crippen molar-refractivity contribution in [2.45, 2.75) is 58.3 Å². The predicted molar refractivity (Wildman–Crippen MR) is 111 cm³/mol. The molecule has 5 heteroatoms. The largest absolute Gasteiger partial charge is 0.494 e. The van der Waals surface area contributed by atoms with Crippen LogP contribution in [0.4, 0.5) is 0 Å². The van der Waals surface area contributed by atoms with Gasteiger partial charge in [0.05, 0.1) is 6.61 Å². The molecule has 0 unspecified atom stereocenters. The number of unbranched alkanes of at least 4 members (excludes halogenated alkanes) is 7. The Balaban J connectivity index is 1.40. The van der Waals surface area contributed by atoms with E-state index < -0.39 is 0 Å². The zero-order valence-corrected chi connectivity index (χ0v) is 16.6. The highest BCUT2D eigenvalue weighted by Gasteiger charge is 2.10. The quantitative estimate of drug-likeness (QED) is 0.345. The van der Waals surface area contributed by atoms with Gasteiger partial charge in [0.15, 0.2) is 0 Å². The second kappa shape index (κ2) is 11.2. The summed E-state index contributed by atoms with van der Waals surface area (Å²) in [5.41, 5.74) is 1.77. The first-order valence-corrected chi connectivity index (χ1v) is 10.3. The van der Waals surface area contributed by atoms with Crippen molar-refractivity contribution >= 4 is 0 Å². The molecule has 1 aromatic carbocycles. The Bertz CT molecular complexity index is 800. The van der Waals surface area contributed by atoms with E-state index in [1.807, 2.05) is 36.4 Å². The minimum atomic E-state index is 0.501. The molecule has 3 rings (SSSR count). The van der Waals surface area contributed by atoms with Crippen molar-refractivity contribution in [3.05, 3.63) is 48.8 Å². The Morgan fingerprint density at radius 1 is 0.786 bits per heavy atom. The SMILES string of the molecule is CCCCCCCCCCOc1ccc(-c2nc(-c3ccncc3)no2)cc1. The van der Waals surface area contributed by atoms with E-state index >= 15 is 0 Å². The molecule has 0 saturated heterocycles.